The lowest BCUT2D eigenvalue weighted by Crippen LogP contribution is -2.39. The molecule has 1 atom stereocenters. The van der Waals surface area contributed by atoms with Gasteiger partial charge in [-0.15, -0.1) is 0 Å². The Bertz CT molecular complexity index is 1160. The average molecular weight is 455 g/mol. The predicted octanol–water partition coefficient (Wildman–Crippen LogP) is 5.28. The lowest BCUT2D eigenvalue weighted by molar-refractivity contribution is -0.128. The second-order valence-corrected chi connectivity index (χ2v) is 8.78. The highest BCUT2D eigenvalue weighted by Gasteiger charge is 2.25. The van der Waals surface area contributed by atoms with Crippen LogP contribution in [-0.2, 0) is 22.5 Å². The van der Waals surface area contributed by atoms with Gasteiger partial charge in [-0.1, -0.05) is 60.7 Å². The average Bonchev–Trinajstić information content (AvgIpc) is 2.90. The van der Waals surface area contributed by atoms with Gasteiger partial charge in [0, 0.05) is 30.8 Å². The first kappa shape index (κ1) is 22.2. The van der Waals surface area contributed by atoms with E-state index in [2.05, 4.69) is 53.5 Å². The smallest absolute Gasteiger partial charge is 0.244 e. The summed E-state index contributed by atoms with van der Waals surface area (Å²) in [5, 5.41) is 0. The van der Waals surface area contributed by atoms with Crippen LogP contribution in [0.5, 0.6) is 5.75 Å². The fraction of sp³-hybridized carbons (Fsp3) is 0.276. The van der Waals surface area contributed by atoms with Crippen LogP contribution >= 0.6 is 0 Å². The second-order valence-electron chi connectivity index (χ2n) is 8.78. The van der Waals surface area contributed by atoms with Crippen LogP contribution in [-0.4, -0.2) is 35.4 Å². The maximum Gasteiger partial charge on any atom is 0.244 e. The van der Waals surface area contributed by atoms with Gasteiger partial charge in [0.2, 0.25) is 5.91 Å². The molecule has 0 spiro atoms. The van der Waals surface area contributed by atoms with Gasteiger partial charge in [0.05, 0.1) is 19.4 Å². The summed E-state index contributed by atoms with van der Waals surface area (Å²) >= 11 is 0. The summed E-state index contributed by atoms with van der Waals surface area (Å²) < 4.78 is 11.6. The van der Waals surface area contributed by atoms with Crippen molar-refractivity contribution in [3.05, 3.63) is 113 Å². The van der Waals surface area contributed by atoms with E-state index in [4.69, 9.17) is 9.47 Å². The molecule has 1 aliphatic carbocycles. The van der Waals surface area contributed by atoms with E-state index in [0.29, 0.717) is 19.1 Å². The molecule has 2 aromatic rings. The summed E-state index contributed by atoms with van der Waals surface area (Å²) in [4.78, 5) is 17.0. The number of benzene rings is 2. The standard InChI is InChI=1S/C29H30N2O3/c1-2-33-27-13-7-10-23-14-15-30(19-26(23)27)21-29(32)31-16-17-34-28(20-31)25-12-6-11-24(18-25)22-8-4-3-5-9-22/h3-13,16-17,20,24H,2,14-15,18-19,21H2,1H3. The number of hydrogen-bond donors (Lipinski definition) is 0. The molecule has 5 rings (SSSR count). The minimum Gasteiger partial charge on any atom is -0.494 e. The lowest BCUT2D eigenvalue weighted by Gasteiger charge is -2.31. The van der Waals surface area contributed by atoms with Crippen LogP contribution in [0.1, 0.15) is 36.0 Å². The largest absolute Gasteiger partial charge is 0.494 e. The van der Waals surface area contributed by atoms with Crippen molar-refractivity contribution >= 4 is 5.91 Å². The summed E-state index contributed by atoms with van der Waals surface area (Å²) in [5.74, 6) is 1.98. The molecule has 2 aliphatic heterocycles. The Hall–Kier alpha value is -3.57. The van der Waals surface area contributed by atoms with Gasteiger partial charge in [0.1, 0.15) is 17.8 Å². The number of hydrogen-bond acceptors (Lipinski definition) is 4. The number of nitrogens with zero attached hydrogens (tertiary/aromatic N) is 2. The van der Waals surface area contributed by atoms with Crippen molar-refractivity contribution < 1.29 is 14.3 Å². The van der Waals surface area contributed by atoms with Crippen molar-refractivity contribution in [3.8, 4) is 5.75 Å². The molecular weight excluding hydrogens is 424 g/mol. The van der Waals surface area contributed by atoms with E-state index < -0.39 is 0 Å². The molecule has 1 unspecified atom stereocenters. The maximum atomic E-state index is 13.2. The van der Waals surface area contributed by atoms with Crippen LogP contribution in [0.2, 0.25) is 0 Å². The van der Waals surface area contributed by atoms with E-state index in [9.17, 15) is 4.79 Å². The fourth-order valence-electron chi connectivity index (χ4n) is 4.78. The van der Waals surface area contributed by atoms with E-state index in [1.807, 2.05) is 31.3 Å². The van der Waals surface area contributed by atoms with Crippen molar-refractivity contribution in [3.63, 3.8) is 0 Å². The van der Waals surface area contributed by atoms with Crippen LogP contribution in [0.15, 0.2) is 96.8 Å². The zero-order valence-corrected chi connectivity index (χ0v) is 19.5. The van der Waals surface area contributed by atoms with Crippen molar-refractivity contribution in [2.24, 2.45) is 0 Å². The van der Waals surface area contributed by atoms with Crippen LogP contribution in [0.4, 0.5) is 0 Å². The van der Waals surface area contributed by atoms with E-state index in [-0.39, 0.29) is 5.91 Å². The summed E-state index contributed by atoms with van der Waals surface area (Å²) in [5.41, 5.74) is 4.88. The Morgan fingerprint density at radius 2 is 2.03 bits per heavy atom. The van der Waals surface area contributed by atoms with Crippen molar-refractivity contribution in [2.45, 2.75) is 32.2 Å². The third kappa shape index (κ3) is 4.85. The van der Waals surface area contributed by atoms with Crippen LogP contribution in [0.25, 0.3) is 0 Å². The Labute approximate surface area is 201 Å². The molecule has 174 valence electrons. The number of ether oxygens (including phenoxy) is 2. The minimum atomic E-state index is 0.0287. The maximum absolute atomic E-state index is 13.2. The van der Waals surface area contributed by atoms with Crippen molar-refractivity contribution in [1.82, 2.24) is 9.80 Å². The van der Waals surface area contributed by atoms with Gasteiger partial charge >= 0.3 is 0 Å². The van der Waals surface area contributed by atoms with Crippen LogP contribution < -0.4 is 4.74 Å². The molecule has 2 heterocycles. The summed E-state index contributed by atoms with van der Waals surface area (Å²) in [6, 6.07) is 16.7. The highest BCUT2D eigenvalue weighted by molar-refractivity contribution is 5.80. The third-order valence-electron chi connectivity index (χ3n) is 6.55. The summed E-state index contributed by atoms with van der Waals surface area (Å²) in [6.45, 7) is 4.55. The lowest BCUT2D eigenvalue weighted by atomic mass is 9.87. The normalized spacial score (nSPS) is 19.7. The number of fused-ring (bicyclic) bond motifs is 1. The molecule has 1 amide bonds. The Balaban J connectivity index is 1.25. The highest BCUT2D eigenvalue weighted by atomic mass is 16.5. The van der Waals surface area contributed by atoms with Crippen molar-refractivity contribution in [1.29, 1.82) is 0 Å². The Morgan fingerprint density at radius 3 is 2.88 bits per heavy atom. The third-order valence-corrected chi connectivity index (χ3v) is 6.55. The number of carbonyl (C=O) groups excluding carboxylic acids is 1. The molecule has 2 aromatic carbocycles. The Morgan fingerprint density at radius 1 is 1.15 bits per heavy atom. The molecule has 0 radical (unpaired) electrons. The first-order valence-corrected chi connectivity index (χ1v) is 12.0. The van der Waals surface area contributed by atoms with Crippen LogP contribution in [0, 0.1) is 0 Å². The number of allylic oxidation sites excluding steroid dienone is 4. The molecule has 0 bridgehead atoms. The summed E-state index contributed by atoms with van der Waals surface area (Å²) in [6.07, 6.45) is 13.2. The number of amides is 1. The SMILES string of the molecule is CCOc1cccc2c1CN(CC(=O)N1C=COC(C3=CC=CC(c4ccccc4)C3)=C1)CC2. The molecule has 34 heavy (non-hydrogen) atoms. The molecule has 0 saturated heterocycles. The van der Waals surface area contributed by atoms with Crippen molar-refractivity contribution in [2.75, 3.05) is 19.7 Å². The quantitative estimate of drug-likeness (QED) is 0.595. The molecule has 0 N–H and O–H groups in total. The summed E-state index contributed by atoms with van der Waals surface area (Å²) in [7, 11) is 0. The molecule has 5 nitrogen and oxygen atoms in total. The molecular formula is C29H30N2O3. The van der Waals surface area contributed by atoms with Crippen LogP contribution in [0.3, 0.4) is 0 Å². The van der Waals surface area contributed by atoms with Gasteiger partial charge in [-0.3, -0.25) is 14.6 Å². The first-order chi connectivity index (χ1) is 16.7. The monoisotopic (exact) mass is 454 g/mol. The molecule has 5 heteroatoms. The second kappa shape index (κ2) is 10.1. The van der Waals surface area contributed by atoms with E-state index >= 15 is 0 Å². The van der Waals surface area contributed by atoms with E-state index in [1.54, 1.807) is 17.4 Å². The van der Waals surface area contributed by atoms with Gasteiger partial charge < -0.3 is 9.47 Å². The molecule has 0 saturated carbocycles. The minimum absolute atomic E-state index is 0.0287. The predicted molar refractivity (Wildman–Crippen MR) is 133 cm³/mol. The topological polar surface area (TPSA) is 42.0 Å². The number of rotatable bonds is 6. The van der Waals surface area contributed by atoms with Gasteiger partial charge in [-0.2, -0.15) is 0 Å². The van der Waals surface area contributed by atoms with Gasteiger partial charge in [0.15, 0.2) is 0 Å². The molecule has 0 aromatic heterocycles. The zero-order valence-electron chi connectivity index (χ0n) is 19.5. The highest BCUT2D eigenvalue weighted by Crippen LogP contribution is 2.33. The van der Waals surface area contributed by atoms with Gasteiger partial charge in [-0.05, 0) is 42.5 Å². The first-order valence-electron chi connectivity index (χ1n) is 12.0. The van der Waals surface area contributed by atoms with Gasteiger partial charge in [-0.25, -0.2) is 0 Å². The Kier molecular flexibility index (Phi) is 6.63. The fourth-order valence-corrected chi connectivity index (χ4v) is 4.78. The number of carbonyl (C=O) groups is 1. The molecule has 0 fully saturated rings. The van der Waals surface area contributed by atoms with Gasteiger partial charge in [0.25, 0.3) is 0 Å². The zero-order chi connectivity index (χ0) is 23.3. The molecule has 3 aliphatic rings. The van der Waals surface area contributed by atoms with E-state index in [1.165, 1.54) is 16.7 Å². The van der Waals surface area contributed by atoms with E-state index in [0.717, 1.165) is 43.0 Å².